The largest absolute Gasteiger partial charge is 0.476 e. The van der Waals surface area contributed by atoms with Crippen molar-refractivity contribution in [3.05, 3.63) is 17.0 Å². The number of carboxylic acids is 1. The van der Waals surface area contributed by atoms with Crippen LogP contribution in [0.25, 0.3) is 0 Å². The molecular weight excluding hydrogens is 258 g/mol. The van der Waals surface area contributed by atoms with Gasteiger partial charge in [-0.3, -0.25) is 9.48 Å². The highest BCUT2D eigenvalue weighted by Gasteiger charge is 2.27. The number of hydrogen-bond donors (Lipinski definition) is 1. The number of aromatic carboxylic acids is 1. The lowest BCUT2D eigenvalue weighted by Gasteiger charge is -2.10. The van der Waals surface area contributed by atoms with Crippen molar-refractivity contribution in [1.82, 2.24) is 14.7 Å². The molecule has 0 aliphatic heterocycles. The van der Waals surface area contributed by atoms with Crippen molar-refractivity contribution in [3.8, 4) is 0 Å². The summed E-state index contributed by atoms with van der Waals surface area (Å²) >= 11 is 0. The van der Waals surface area contributed by atoms with Crippen LogP contribution in [0.4, 0.5) is 0 Å². The van der Waals surface area contributed by atoms with Gasteiger partial charge in [0.05, 0.1) is 0 Å². The first-order valence-electron chi connectivity index (χ1n) is 7.01. The average molecular weight is 279 g/mol. The minimum absolute atomic E-state index is 0.0300. The molecule has 0 aromatic carbocycles. The molecule has 0 unspecified atom stereocenters. The molecule has 0 radical (unpaired) electrons. The zero-order chi connectivity index (χ0) is 14.7. The number of carbonyl (C=O) groups is 2. The molecule has 0 atom stereocenters. The predicted molar refractivity (Wildman–Crippen MR) is 74.2 cm³/mol. The predicted octanol–water partition coefficient (Wildman–Crippen LogP) is 1.44. The molecular formula is C14H21N3O3. The molecule has 0 spiro atoms. The Bertz CT molecular complexity index is 520. The van der Waals surface area contributed by atoms with Gasteiger partial charge in [-0.05, 0) is 46.3 Å². The fourth-order valence-electron chi connectivity index (χ4n) is 2.62. The van der Waals surface area contributed by atoms with Gasteiger partial charge in [0.1, 0.15) is 5.69 Å². The van der Waals surface area contributed by atoms with Gasteiger partial charge in [-0.15, -0.1) is 0 Å². The second kappa shape index (κ2) is 6.17. The Hall–Kier alpha value is -1.69. The summed E-state index contributed by atoms with van der Waals surface area (Å²) in [6.45, 7) is 1.46. The molecule has 1 aliphatic carbocycles. The van der Waals surface area contributed by atoms with E-state index in [0.717, 1.165) is 25.8 Å². The van der Waals surface area contributed by atoms with Gasteiger partial charge in [0, 0.05) is 18.5 Å². The summed E-state index contributed by atoms with van der Waals surface area (Å²) in [5, 5.41) is 13.4. The number of nitrogens with zero attached hydrogens (tertiary/aromatic N) is 3. The van der Waals surface area contributed by atoms with Gasteiger partial charge in [-0.25, -0.2) is 4.79 Å². The van der Waals surface area contributed by atoms with Crippen LogP contribution in [-0.4, -0.2) is 52.2 Å². The van der Waals surface area contributed by atoms with Gasteiger partial charge in [0.2, 0.25) is 0 Å². The van der Waals surface area contributed by atoms with E-state index in [2.05, 4.69) is 10.00 Å². The van der Waals surface area contributed by atoms with Gasteiger partial charge in [0.25, 0.3) is 0 Å². The molecule has 2 rings (SSSR count). The van der Waals surface area contributed by atoms with Crippen LogP contribution in [0.5, 0.6) is 0 Å². The Morgan fingerprint density at radius 2 is 2.05 bits per heavy atom. The van der Waals surface area contributed by atoms with Crippen molar-refractivity contribution in [2.45, 2.75) is 38.6 Å². The first kappa shape index (κ1) is 14.7. The van der Waals surface area contributed by atoms with Crippen LogP contribution in [0.15, 0.2) is 0 Å². The number of carbonyl (C=O) groups excluding carboxylic acids is 1. The summed E-state index contributed by atoms with van der Waals surface area (Å²) in [4.78, 5) is 25.5. The third-order valence-corrected chi connectivity index (χ3v) is 3.57. The molecule has 1 aliphatic rings. The van der Waals surface area contributed by atoms with Gasteiger partial charge in [-0.2, -0.15) is 5.10 Å². The standard InChI is InChI=1S/C14H21N3O3/c1-16(2)8-5-9-17-13-10(12(15-17)14(19)20)6-3-4-7-11(13)18/h3-9H2,1-2H3,(H,19,20). The number of carboxylic acid groups (broad SMARTS) is 1. The number of aryl methyl sites for hydroxylation is 1. The third-order valence-electron chi connectivity index (χ3n) is 3.57. The summed E-state index contributed by atoms with van der Waals surface area (Å²) in [7, 11) is 3.97. The molecule has 0 saturated heterocycles. The molecule has 1 heterocycles. The monoisotopic (exact) mass is 279 g/mol. The van der Waals surface area contributed by atoms with Crippen LogP contribution in [0.3, 0.4) is 0 Å². The van der Waals surface area contributed by atoms with Crippen LogP contribution < -0.4 is 0 Å². The van der Waals surface area contributed by atoms with E-state index in [1.165, 1.54) is 0 Å². The van der Waals surface area contributed by atoms with Crippen LogP contribution in [0, 0.1) is 0 Å². The first-order chi connectivity index (χ1) is 9.50. The van der Waals surface area contributed by atoms with E-state index in [0.29, 0.717) is 30.6 Å². The molecule has 20 heavy (non-hydrogen) atoms. The number of Topliss-reactive ketones (excluding diaryl/α,β-unsaturated/α-hetero) is 1. The van der Waals surface area contributed by atoms with E-state index in [1.54, 1.807) is 4.68 Å². The van der Waals surface area contributed by atoms with Gasteiger partial charge >= 0.3 is 5.97 Å². The highest BCUT2D eigenvalue weighted by atomic mass is 16.4. The summed E-state index contributed by atoms with van der Waals surface area (Å²) in [6.07, 6.45) is 3.64. The van der Waals surface area contributed by atoms with Gasteiger partial charge in [-0.1, -0.05) is 0 Å². The minimum Gasteiger partial charge on any atom is -0.476 e. The van der Waals surface area contributed by atoms with Crippen LogP contribution in [-0.2, 0) is 13.0 Å². The smallest absolute Gasteiger partial charge is 0.356 e. The second-order valence-corrected chi connectivity index (χ2v) is 5.49. The number of ketones is 1. The van der Waals surface area contributed by atoms with E-state index in [9.17, 15) is 14.7 Å². The van der Waals surface area contributed by atoms with E-state index >= 15 is 0 Å². The summed E-state index contributed by atoms with van der Waals surface area (Å²) in [6, 6.07) is 0. The van der Waals surface area contributed by atoms with E-state index in [-0.39, 0.29) is 11.5 Å². The second-order valence-electron chi connectivity index (χ2n) is 5.49. The lowest BCUT2D eigenvalue weighted by Crippen LogP contribution is -2.17. The van der Waals surface area contributed by atoms with Crippen LogP contribution in [0.1, 0.15) is 52.2 Å². The molecule has 0 saturated carbocycles. The lowest BCUT2D eigenvalue weighted by molar-refractivity contribution is 0.0688. The molecule has 0 bridgehead atoms. The van der Waals surface area contributed by atoms with Crippen molar-refractivity contribution in [1.29, 1.82) is 0 Å². The topological polar surface area (TPSA) is 75.4 Å². The van der Waals surface area contributed by atoms with Crippen LogP contribution >= 0.6 is 0 Å². The Morgan fingerprint density at radius 3 is 2.70 bits per heavy atom. The fourth-order valence-corrected chi connectivity index (χ4v) is 2.62. The quantitative estimate of drug-likeness (QED) is 0.825. The molecule has 1 N–H and O–H groups in total. The maximum atomic E-state index is 12.2. The summed E-state index contributed by atoms with van der Waals surface area (Å²) < 4.78 is 1.61. The zero-order valence-electron chi connectivity index (χ0n) is 12.1. The van der Waals surface area contributed by atoms with Crippen molar-refractivity contribution in [2.75, 3.05) is 20.6 Å². The van der Waals surface area contributed by atoms with E-state index < -0.39 is 5.97 Å². The number of fused-ring (bicyclic) bond motifs is 1. The fraction of sp³-hybridized carbons (Fsp3) is 0.643. The molecule has 110 valence electrons. The van der Waals surface area contributed by atoms with Crippen molar-refractivity contribution < 1.29 is 14.7 Å². The lowest BCUT2D eigenvalue weighted by atomic mass is 10.1. The van der Waals surface area contributed by atoms with E-state index in [4.69, 9.17) is 0 Å². The number of rotatable bonds is 5. The molecule has 1 aromatic rings. The Balaban J connectivity index is 2.31. The molecule has 0 fully saturated rings. The first-order valence-corrected chi connectivity index (χ1v) is 7.01. The van der Waals surface area contributed by atoms with Gasteiger partial charge in [0.15, 0.2) is 11.5 Å². The Kier molecular flexibility index (Phi) is 4.54. The molecule has 0 amide bonds. The minimum atomic E-state index is -1.04. The van der Waals surface area contributed by atoms with Crippen molar-refractivity contribution in [2.24, 2.45) is 0 Å². The van der Waals surface area contributed by atoms with Gasteiger partial charge < -0.3 is 10.0 Å². The SMILES string of the molecule is CN(C)CCCn1nc(C(=O)O)c2c1C(=O)CCCC2. The summed E-state index contributed by atoms with van der Waals surface area (Å²) in [5.41, 5.74) is 1.21. The highest BCUT2D eigenvalue weighted by molar-refractivity contribution is 5.99. The molecule has 6 nitrogen and oxygen atoms in total. The molecule has 6 heteroatoms. The van der Waals surface area contributed by atoms with Crippen LogP contribution in [0.2, 0.25) is 0 Å². The average Bonchev–Trinajstić information content (AvgIpc) is 2.62. The Labute approximate surface area is 118 Å². The Morgan fingerprint density at radius 1 is 1.35 bits per heavy atom. The van der Waals surface area contributed by atoms with Crippen molar-refractivity contribution in [3.63, 3.8) is 0 Å². The number of hydrogen-bond acceptors (Lipinski definition) is 4. The van der Waals surface area contributed by atoms with E-state index in [1.807, 2.05) is 14.1 Å². The normalized spacial score (nSPS) is 15.2. The maximum Gasteiger partial charge on any atom is 0.356 e. The highest BCUT2D eigenvalue weighted by Crippen LogP contribution is 2.24. The molecule has 1 aromatic heterocycles. The maximum absolute atomic E-state index is 12.2. The third kappa shape index (κ3) is 3.07. The number of aromatic nitrogens is 2. The summed E-state index contributed by atoms with van der Waals surface area (Å²) in [5.74, 6) is -1.01. The van der Waals surface area contributed by atoms with Crippen molar-refractivity contribution >= 4 is 11.8 Å². The zero-order valence-corrected chi connectivity index (χ0v) is 12.1.